The van der Waals surface area contributed by atoms with Crippen molar-refractivity contribution in [3.63, 3.8) is 0 Å². The monoisotopic (exact) mass is 192 g/mol. The normalized spacial score (nSPS) is 11.8. The summed E-state index contributed by atoms with van der Waals surface area (Å²) in [5, 5.41) is 6.42. The highest BCUT2D eigenvalue weighted by atomic mass is 16.2. The summed E-state index contributed by atoms with van der Waals surface area (Å²) in [6.45, 7) is 0.187. The molecule has 5 heteroatoms. The molecule has 0 spiro atoms. The molecule has 0 saturated heterocycles. The van der Waals surface area contributed by atoms with Gasteiger partial charge in [0, 0.05) is 18.8 Å². The van der Waals surface area contributed by atoms with Crippen LogP contribution < -0.4 is 11.1 Å². The topological polar surface area (TPSA) is 72.9 Å². The molecule has 1 rings (SSSR count). The van der Waals surface area contributed by atoms with Crippen LogP contribution in [0, 0.1) is 12.3 Å². The standard InChI is InChI=1S/C9H12N4O/c1-3-4-11-9(14)8(10)7-5-12-13(2)6-7/h1,5-6,8H,4,10H2,2H3,(H,11,14). The first-order valence-electron chi connectivity index (χ1n) is 4.10. The third-order valence-electron chi connectivity index (χ3n) is 1.73. The van der Waals surface area contributed by atoms with Crippen molar-refractivity contribution in [1.29, 1.82) is 0 Å². The van der Waals surface area contributed by atoms with Crippen molar-refractivity contribution in [2.75, 3.05) is 6.54 Å². The maximum absolute atomic E-state index is 11.3. The molecule has 0 saturated carbocycles. The molecule has 1 aromatic rings. The Labute approximate surface area is 82.3 Å². The van der Waals surface area contributed by atoms with Gasteiger partial charge in [-0.25, -0.2) is 0 Å². The minimum Gasteiger partial charge on any atom is -0.344 e. The molecule has 74 valence electrons. The summed E-state index contributed by atoms with van der Waals surface area (Å²) in [7, 11) is 1.76. The number of hydrogen-bond acceptors (Lipinski definition) is 3. The van der Waals surface area contributed by atoms with Gasteiger partial charge < -0.3 is 11.1 Å². The quantitative estimate of drug-likeness (QED) is 0.614. The van der Waals surface area contributed by atoms with Crippen LogP contribution in [-0.4, -0.2) is 22.2 Å². The fourth-order valence-electron chi connectivity index (χ4n) is 1.00. The Morgan fingerprint density at radius 3 is 3.14 bits per heavy atom. The highest BCUT2D eigenvalue weighted by Gasteiger charge is 2.15. The molecule has 14 heavy (non-hydrogen) atoms. The molecule has 3 N–H and O–H groups in total. The lowest BCUT2D eigenvalue weighted by Gasteiger charge is -2.07. The van der Waals surface area contributed by atoms with Crippen molar-refractivity contribution in [2.45, 2.75) is 6.04 Å². The van der Waals surface area contributed by atoms with Gasteiger partial charge in [0.05, 0.1) is 12.7 Å². The van der Waals surface area contributed by atoms with Crippen molar-refractivity contribution in [2.24, 2.45) is 12.8 Å². The number of amides is 1. The largest absolute Gasteiger partial charge is 0.344 e. The van der Waals surface area contributed by atoms with Crippen LogP contribution in [0.25, 0.3) is 0 Å². The molecule has 1 aromatic heterocycles. The number of hydrogen-bond donors (Lipinski definition) is 2. The Morgan fingerprint density at radius 1 is 1.93 bits per heavy atom. The van der Waals surface area contributed by atoms with Crippen molar-refractivity contribution < 1.29 is 4.79 Å². The van der Waals surface area contributed by atoms with Crippen molar-refractivity contribution in [3.05, 3.63) is 18.0 Å². The van der Waals surface area contributed by atoms with E-state index < -0.39 is 6.04 Å². The number of nitrogens with zero attached hydrogens (tertiary/aromatic N) is 2. The second-order valence-electron chi connectivity index (χ2n) is 2.85. The molecule has 0 aromatic carbocycles. The smallest absolute Gasteiger partial charge is 0.242 e. The van der Waals surface area contributed by atoms with Crippen LogP contribution in [0.2, 0.25) is 0 Å². The molecule has 1 atom stereocenters. The van der Waals surface area contributed by atoms with Gasteiger partial charge >= 0.3 is 0 Å². The number of rotatable bonds is 3. The molecule has 0 bridgehead atoms. The van der Waals surface area contributed by atoms with Crippen molar-refractivity contribution in [3.8, 4) is 12.3 Å². The maximum atomic E-state index is 11.3. The number of aryl methyl sites for hydroxylation is 1. The van der Waals surface area contributed by atoms with Crippen molar-refractivity contribution in [1.82, 2.24) is 15.1 Å². The van der Waals surface area contributed by atoms with Gasteiger partial charge in [-0.15, -0.1) is 6.42 Å². The van der Waals surface area contributed by atoms with E-state index >= 15 is 0 Å². The molecule has 1 unspecified atom stereocenters. The summed E-state index contributed by atoms with van der Waals surface area (Å²) < 4.78 is 1.59. The Kier molecular flexibility index (Phi) is 3.26. The summed E-state index contributed by atoms with van der Waals surface area (Å²) >= 11 is 0. The third-order valence-corrected chi connectivity index (χ3v) is 1.73. The van der Waals surface area contributed by atoms with Gasteiger partial charge in [-0.05, 0) is 0 Å². The summed E-state index contributed by atoms with van der Waals surface area (Å²) in [6.07, 6.45) is 8.25. The number of nitrogens with one attached hydrogen (secondary N) is 1. The van der Waals surface area contributed by atoms with Crippen LogP contribution >= 0.6 is 0 Å². The predicted octanol–water partition coefficient (Wildman–Crippen LogP) is -0.831. The zero-order valence-electron chi connectivity index (χ0n) is 7.90. The summed E-state index contributed by atoms with van der Waals surface area (Å²) in [5.41, 5.74) is 6.33. The second kappa shape index (κ2) is 4.44. The Hall–Kier alpha value is -1.80. The lowest BCUT2D eigenvalue weighted by atomic mass is 10.1. The lowest BCUT2D eigenvalue weighted by molar-refractivity contribution is -0.122. The van der Waals surface area contributed by atoms with E-state index in [1.165, 1.54) is 0 Å². The summed E-state index contributed by atoms with van der Waals surface area (Å²) in [6, 6.07) is -0.711. The molecule has 5 nitrogen and oxygen atoms in total. The molecule has 0 aliphatic heterocycles. The number of carbonyl (C=O) groups is 1. The molecule has 0 fully saturated rings. The van der Waals surface area contributed by atoms with Gasteiger partial charge in [-0.2, -0.15) is 5.10 Å². The van der Waals surface area contributed by atoms with Crippen LogP contribution in [0.1, 0.15) is 11.6 Å². The Bertz CT molecular complexity index is 363. The molecule has 0 aliphatic rings. The second-order valence-corrected chi connectivity index (χ2v) is 2.85. The Morgan fingerprint density at radius 2 is 2.64 bits per heavy atom. The van der Waals surface area contributed by atoms with E-state index in [2.05, 4.69) is 16.3 Å². The van der Waals surface area contributed by atoms with E-state index in [9.17, 15) is 4.79 Å². The minimum atomic E-state index is -0.711. The molecule has 0 radical (unpaired) electrons. The summed E-state index contributed by atoms with van der Waals surface area (Å²) in [5.74, 6) is 2.01. The van der Waals surface area contributed by atoms with E-state index in [0.29, 0.717) is 5.56 Å². The molecular formula is C9H12N4O. The van der Waals surface area contributed by atoms with Gasteiger partial charge in [-0.3, -0.25) is 9.48 Å². The zero-order valence-corrected chi connectivity index (χ0v) is 7.90. The predicted molar refractivity (Wildman–Crippen MR) is 52.0 cm³/mol. The minimum absolute atomic E-state index is 0.187. The van der Waals surface area contributed by atoms with Crippen molar-refractivity contribution >= 4 is 5.91 Å². The van der Waals surface area contributed by atoms with Crippen LogP contribution in [0.5, 0.6) is 0 Å². The van der Waals surface area contributed by atoms with Gasteiger partial charge in [0.25, 0.3) is 0 Å². The first kappa shape index (κ1) is 10.3. The fourth-order valence-corrected chi connectivity index (χ4v) is 1.00. The zero-order chi connectivity index (χ0) is 10.6. The average molecular weight is 192 g/mol. The third kappa shape index (κ3) is 2.34. The van der Waals surface area contributed by atoms with Gasteiger partial charge in [0.2, 0.25) is 5.91 Å². The van der Waals surface area contributed by atoms with Gasteiger partial charge in [0.15, 0.2) is 0 Å². The molecule has 1 amide bonds. The average Bonchev–Trinajstić information content (AvgIpc) is 2.60. The number of carbonyl (C=O) groups excluding carboxylic acids is 1. The Balaban J connectivity index is 2.62. The molecule has 1 heterocycles. The van der Waals surface area contributed by atoms with E-state index in [1.54, 1.807) is 24.1 Å². The first-order valence-corrected chi connectivity index (χ1v) is 4.10. The highest BCUT2D eigenvalue weighted by molar-refractivity contribution is 5.82. The first-order chi connectivity index (χ1) is 6.65. The molecular weight excluding hydrogens is 180 g/mol. The van der Waals surface area contributed by atoms with E-state index in [-0.39, 0.29) is 12.5 Å². The van der Waals surface area contributed by atoms with E-state index in [1.807, 2.05) is 0 Å². The molecule has 0 aliphatic carbocycles. The van der Waals surface area contributed by atoms with Crippen LogP contribution in [-0.2, 0) is 11.8 Å². The SMILES string of the molecule is C#CCNC(=O)C(N)c1cnn(C)c1. The van der Waals surface area contributed by atoms with Crippen LogP contribution in [0.15, 0.2) is 12.4 Å². The summed E-state index contributed by atoms with van der Waals surface area (Å²) in [4.78, 5) is 11.3. The van der Waals surface area contributed by atoms with E-state index in [0.717, 1.165) is 0 Å². The van der Waals surface area contributed by atoms with Crippen LogP contribution in [0.4, 0.5) is 0 Å². The number of aromatic nitrogens is 2. The van der Waals surface area contributed by atoms with Gasteiger partial charge in [-0.1, -0.05) is 5.92 Å². The number of terminal acetylenes is 1. The van der Waals surface area contributed by atoms with Gasteiger partial charge in [0.1, 0.15) is 6.04 Å². The van der Waals surface area contributed by atoms with E-state index in [4.69, 9.17) is 12.2 Å². The highest BCUT2D eigenvalue weighted by Crippen LogP contribution is 2.07. The van der Waals surface area contributed by atoms with Crippen LogP contribution in [0.3, 0.4) is 0 Å². The number of nitrogens with two attached hydrogens (primary N) is 1. The fraction of sp³-hybridized carbons (Fsp3) is 0.333. The lowest BCUT2D eigenvalue weighted by Crippen LogP contribution is -2.34. The maximum Gasteiger partial charge on any atom is 0.242 e.